The molecular formula is C27H30F6N5O7+. The van der Waals surface area contributed by atoms with Gasteiger partial charge in [0, 0.05) is 24.6 Å². The molecule has 4 amide bonds. The minimum atomic E-state index is -5.08. The van der Waals surface area contributed by atoms with Crippen molar-refractivity contribution in [2.24, 2.45) is 5.92 Å². The number of ether oxygens (including phenoxy) is 1. The van der Waals surface area contributed by atoms with Gasteiger partial charge in [0.25, 0.3) is 5.91 Å². The van der Waals surface area contributed by atoms with E-state index in [4.69, 9.17) is 9.90 Å². The number of urea groups is 1. The maximum atomic E-state index is 13.4. The molecule has 1 aromatic carbocycles. The number of rotatable bonds is 8. The molecular weight excluding hydrogens is 620 g/mol. The van der Waals surface area contributed by atoms with Gasteiger partial charge in [0.15, 0.2) is 0 Å². The summed E-state index contributed by atoms with van der Waals surface area (Å²) in [6.45, 7) is 9.68. The van der Waals surface area contributed by atoms with Crippen LogP contribution in [0.4, 0.5) is 48.5 Å². The summed E-state index contributed by atoms with van der Waals surface area (Å²) in [4.78, 5) is 66.8. The average molecular weight is 651 g/mol. The topological polar surface area (TPSA) is 149 Å². The lowest BCUT2D eigenvalue weighted by molar-refractivity contribution is -0.500. The molecule has 0 atom stereocenters. The number of alkyl halides is 6. The maximum absolute atomic E-state index is 13.4. The van der Waals surface area contributed by atoms with Crippen molar-refractivity contribution in [1.82, 2.24) is 9.88 Å². The summed E-state index contributed by atoms with van der Waals surface area (Å²) in [6.07, 6.45) is -9.97. The predicted octanol–water partition coefficient (Wildman–Crippen LogP) is 5.77. The molecule has 2 heterocycles. The van der Waals surface area contributed by atoms with Crippen molar-refractivity contribution in [3.05, 3.63) is 46.9 Å². The van der Waals surface area contributed by atoms with Crippen molar-refractivity contribution < 1.29 is 60.1 Å². The molecule has 0 bridgehead atoms. The molecule has 246 valence electrons. The molecule has 12 nitrogen and oxygen atoms in total. The van der Waals surface area contributed by atoms with Crippen LogP contribution in [-0.4, -0.2) is 67.7 Å². The Morgan fingerprint density at radius 1 is 1.02 bits per heavy atom. The Balaban J connectivity index is 0.000000900. The third-order valence-corrected chi connectivity index (χ3v) is 6.08. The van der Waals surface area contributed by atoms with E-state index in [9.17, 15) is 45.6 Å². The number of carbonyl (C=O) groups excluding carboxylic acids is 3. The summed E-state index contributed by atoms with van der Waals surface area (Å²) in [6, 6.07) is 6.18. The molecule has 0 spiro atoms. The molecule has 0 saturated carbocycles. The lowest BCUT2D eigenvalue weighted by atomic mass is 10.0. The molecule has 1 aliphatic heterocycles. The number of nitroso groups, excluding NO2 is 1. The smallest absolute Gasteiger partial charge is 0.475 e. The Bertz CT molecular complexity index is 1460. The fourth-order valence-corrected chi connectivity index (χ4v) is 3.68. The first kappa shape index (κ1) is 36.4. The third kappa shape index (κ3) is 9.36. The number of pyridine rings is 1. The summed E-state index contributed by atoms with van der Waals surface area (Å²) in [7, 11) is 0. The highest BCUT2D eigenvalue weighted by Crippen LogP contribution is 2.35. The van der Waals surface area contributed by atoms with E-state index in [2.05, 4.69) is 15.0 Å². The van der Waals surface area contributed by atoms with Gasteiger partial charge in [0.2, 0.25) is 11.7 Å². The molecule has 0 aliphatic carbocycles. The fourth-order valence-electron chi connectivity index (χ4n) is 3.68. The number of imide groups is 1. The normalized spacial score (nSPS) is 14.8. The Morgan fingerprint density at radius 2 is 1.56 bits per heavy atom. The molecule has 18 heteroatoms. The highest BCUT2D eigenvalue weighted by Gasteiger charge is 2.52. The van der Waals surface area contributed by atoms with Crippen LogP contribution in [-0.2, 0) is 20.9 Å². The first-order valence-electron chi connectivity index (χ1n) is 13.1. The molecule has 1 saturated heterocycles. The minimum absolute atomic E-state index is 0.0180. The molecule has 0 unspecified atom stereocenters. The monoisotopic (exact) mass is 650 g/mol. The number of hydrogen-bond acceptors (Lipinski definition) is 7. The lowest BCUT2D eigenvalue weighted by Crippen LogP contribution is -2.43. The van der Waals surface area contributed by atoms with E-state index in [1.807, 2.05) is 0 Å². The molecule has 0 radical (unpaired) electrons. The zero-order valence-electron chi connectivity index (χ0n) is 24.8. The van der Waals surface area contributed by atoms with Crippen LogP contribution in [0.25, 0.3) is 0 Å². The summed E-state index contributed by atoms with van der Waals surface area (Å²) >= 11 is 0. The van der Waals surface area contributed by atoms with Gasteiger partial charge < -0.3 is 14.7 Å². The second kappa shape index (κ2) is 13.5. The van der Waals surface area contributed by atoms with Gasteiger partial charge in [0.05, 0.1) is 5.69 Å². The van der Waals surface area contributed by atoms with Gasteiger partial charge in [-0.1, -0.05) is 18.8 Å². The van der Waals surface area contributed by atoms with Gasteiger partial charge in [-0.2, -0.15) is 13.2 Å². The van der Waals surface area contributed by atoms with Gasteiger partial charge in [0.1, 0.15) is 17.3 Å². The molecule has 2 aromatic rings. The molecule has 1 aromatic heterocycles. The van der Waals surface area contributed by atoms with Crippen molar-refractivity contribution >= 4 is 41.1 Å². The minimum Gasteiger partial charge on any atom is -0.475 e. The van der Waals surface area contributed by atoms with Crippen molar-refractivity contribution in [3.63, 3.8) is 0 Å². The number of hydrogen-bond donors (Lipinski definition) is 2. The average Bonchev–Trinajstić information content (AvgIpc) is 3.06. The van der Waals surface area contributed by atoms with Crippen LogP contribution in [0.15, 0.2) is 36.4 Å². The van der Waals surface area contributed by atoms with Crippen molar-refractivity contribution in [3.8, 4) is 5.75 Å². The van der Waals surface area contributed by atoms with Crippen LogP contribution in [0, 0.1) is 10.8 Å². The summed E-state index contributed by atoms with van der Waals surface area (Å²) in [5, 5.41) is 9.77. The largest absolute Gasteiger partial charge is 0.573 e. The van der Waals surface area contributed by atoms with Crippen molar-refractivity contribution in [1.29, 1.82) is 0 Å². The van der Waals surface area contributed by atoms with E-state index < -0.39 is 47.8 Å². The van der Waals surface area contributed by atoms with Crippen LogP contribution in [0.3, 0.4) is 0 Å². The molecule has 1 aliphatic rings. The number of anilines is 2. The van der Waals surface area contributed by atoms with Gasteiger partial charge in [-0.25, -0.2) is 14.5 Å². The molecule has 2 N–H and O–H groups in total. The second-order valence-corrected chi connectivity index (χ2v) is 10.7. The van der Waals surface area contributed by atoms with Crippen molar-refractivity contribution in [2.75, 3.05) is 10.2 Å². The summed E-state index contributed by atoms with van der Waals surface area (Å²) < 4.78 is 73.7. The number of aliphatic carboxylic acids is 1. The molecule has 3 rings (SSSR count). The van der Waals surface area contributed by atoms with E-state index in [0.717, 1.165) is 17.0 Å². The van der Waals surface area contributed by atoms with E-state index in [1.54, 1.807) is 27.7 Å². The van der Waals surface area contributed by atoms with Crippen LogP contribution in [0.1, 0.15) is 47.1 Å². The third-order valence-electron chi connectivity index (χ3n) is 6.08. The quantitative estimate of drug-likeness (QED) is 0.208. The highest BCUT2D eigenvalue weighted by molar-refractivity contribution is 6.22. The van der Waals surface area contributed by atoms with Crippen molar-refractivity contribution in [2.45, 2.75) is 72.2 Å². The fraction of sp³-hybridized carbons (Fsp3) is 0.444. The van der Waals surface area contributed by atoms with E-state index >= 15 is 0 Å². The van der Waals surface area contributed by atoms with Gasteiger partial charge in [-0.05, 0) is 67.3 Å². The number of halogens is 6. The SMILES string of the molecule is CC(C)C(=O)Nc1cc(CN2C(=O)N(c3ccc(OC(F)(F)F)cc3)C(=O)C2(C)C)cc([N+](=O)C(C)C)n1.O=C(O)C(F)(F)F. The number of carboxylic acids is 1. The van der Waals surface area contributed by atoms with E-state index in [1.165, 1.54) is 43.0 Å². The second-order valence-electron chi connectivity index (χ2n) is 10.7. The lowest BCUT2D eigenvalue weighted by Gasteiger charge is -2.27. The number of amides is 4. The standard InChI is InChI=1S/C25H28F3N5O5.C2HF3O2/c1-14(2)21(34)30-19-11-16(12-20(29-19)33(37)15(3)4)13-31-23(36)32(22(35)24(31,5)6)17-7-9-18(10-8-17)38-25(26,27)28;3-2(4,5)1(6)7/h7-12,14-15H,13H2,1-6H3;(H,6,7)/p+1. The summed E-state index contributed by atoms with van der Waals surface area (Å²) in [5.74, 6) is -4.39. The zero-order chi connectivity index (χ0) is 34.7. The predicted molar refractivity (Wildman–Crippen MR) is 145 cm³/mol. The number of nitrogens with one attached hydrogen (secondary N) is 1. The molecule has 45 heavy (non-hydrogen) atoms. The number of nitrogens with zero attached hydrogens (tertiary/aromatic N) is 4. The number of benzene rings is 1. The number of carboxylic acid groups (broad SMARTS) is 1. The zero-order valence-corrected chi connectivity index (χ0v) is 24.8. The van der Waals surface area contributed by atoms with E-state index in [-0.39, 0.29) is 35.7 Å². The van der Waals surface area contributed by atoms with Crippen LogP contribution >= 0.6 is 0 Å². The van der Waals surface area contributed by atoms with Gasteiger partial charge >= 0.3 is 30.4 Å². The first-order chi connectivity index (χ1) is 20.5. The Hall–Kier alpha value is -4.77. The van der Waals surface area contributed by atoms with E-state index in [0.29, 0.717) is 10.3 Å². The number of aromatic nitrogens is 1. The summed E-state index contributed by atoms with van der Waals surface area (Å²) in [5.41, 5.74) is -0.838. The Morgan fingerprint density at radius 3 is 2.00 bits per heavy atom. The van der Waals surface area contributed by atoms with Crippen LogP contribution in [0.5, 0.6) is 5.75 Å². The van der Waals surface area contributed by atoms with Crippen LogP contribution in [0.2, 0.25) is 0 Å². The molecule has 1 fully saturated rings. The maximum Gasteiger partial charge on any atom is 0.573 e. The number of carbonyl (C=O) groups is 4. The van der Waals surface area contributed by atoms with Crippen LogP contribution < -0.4 is 15.0 Å². The Kier molecular flexibility index (Phi) is 10.9. The Labute approximate surface area is 252 Å². The first-order valence-corrected chi connectivity index (χ1v) is 13.1. The van der Waals surface area contributed by atoms with Gasteiger partial charge in [-0.3, -0.25) is 14.9 Å². The highest BCUT2D eigenvalue weighted by atomic mass is 19.4. The van der Waals surface area contributed by atoms with Gasteiger partial charge in [-0.15, -0.1) is 13.2 Å².